The van der Waals surface area contributed by atoms with Gasteiger partial charge in [-0.2, -0.15) is 0 Å². The second-order valence-electron chi connectivity index (χ2n) is 15.6. The number of Topliss-reactive ketones (excluding diaryl/α,β-unsaturated/α-hetero) is 2. The van der Waals surface area contributed by atoms with E-state index in [0.717, 1.165) is 74.4 Å². The number of unbranched alkanes of at least 4 members (excludes halogenated alkanes) is 12. The predicted octanol–water partition coefficient (Wildman–Crippen LogP) is 12.0. The van der Waals surface area contributed by atoms with Crippen molar-refractivity contribution in [2.75, 3.05) is 52.5 Å². The number of carbonyl (C=O) groups is 2. The standard InChI is InChI=1S/C48H80N2O4/c1-5-9-13-17-33-49(34-18-14-10-6-2)37-21-23-47(51)41-53-39-43-25-29-45(30-26-43)46-31-27-44(28-32-46)40-54-42-48(52)24-22-38-50(35-19-15-11-7-3)36-20-16-12-8-4/h25-32H,5-24,33-42H2,1-4H3. The van der Waals surface area contributed by atoms with Crippen LogP contribution in [0.4, 0.5) is 0 Å². The zero-order valence-corrected chi connectivity index (χ0v) is 35.4. The molecule has 0 unspecified atom stereocenters. The van der Waals surface area contributed by atoms with Gasteiger partial charge in [-0.15, -0.1) is 0 Å². The van der Waals surface area contributed by atoms with E-state index in [2.05, 4.69) is 86.0 Å². The van der Waals surface area contributed by atoms with E-state index in [1.807, 2.05) is 0 Å². The molecule has 0 atom stereocenters. The molecule has 0 N–H and O–H groups in total. The maximum atomic E-state index is 12.6. The summed E-state index contributed by atoms with van der Waals surface area (Å²) in [6.07, 6.45) is 23.6. The zero-order valence-electron chi connectivity index (χ0n) is 35.4. The van der Waals surface area contributed by atoms with Gasteiger partial charge >= 0.3 is 0 Å². The first-order valence-corrected chi connectivity index (χ1v) is 22.3. The Morgan fingerprint density at radius 1 is 0.407 bits per heavy atom. The van der Waals surface area contributed by atoms with Gasteiger partial charge in [-0.25, -0.2) is 0 Å². The van der Waals surface area contributed by atoms with Crippen molar-refractivity contribution < 1.29 is 19.1 Å². The Morgan fingerprint density at radius 2 is 0.704 bits per heavy atom. The molecule has 0 radical (unpaired) electrons. The Balaban J connectivity index is 1.65. The van der Waals surface area contributed by atoms with Crippen molar-refractivity contribution in [1.29, 1.82) is 0 Å². The topological polar surface area (TPSA) is 59.1 Å². The fourth-order valence-corrected chi connectivity index (χ4v) is 7.02. The quantitative estimate of drug-likeness (QED) is 0.0641. The maximum absolute atomic E-state index is 12.6. The van der Waals surface area contributed by atoms with Gasteiger partial charge < -0.3 is 19.3 Å². The molecule has 2 aromatic rings. The molecule has 0 spiro atoms. The molecular weight excluding hydrogens is 669 g/mol. The highest BCUT2D eigenvalue weighted by molar-refractivity contribution is 5.80. The van der Waals surface area contributed by atoms with E-state index in [1.54, 1.807) is 0 Å². The van der Waals surface area contributed by atoms with E-state index in [0.29, 0.717) is 26.1 Å². The molecule has 0 aliphatic rings. The molecular formula is C48H80N2O4. The smallest absolute Gasteiger partial charge is 0.158 e. The zero-order chi connectivity index (χ0) is 38.9. The fraction of sp³-hybridized carbons (Fsp3) is 0.708. The summed E-state index contributed by atoms with van der Waals surface area (Å²) in [5.74, 6) is 0.389. The van der Waals surface area contributed by atoms with Gasteiger partial charge in [0.1, 0.15) is 13.2 Å². The average molecular weight is 749 g/mol. The first kappa shape index (κ1) is 47.8. The normalized spacial score (nSPS) is 11.6. The third-order valence-corrected chi connectivity index (χ3v) is 10.5. The van der Waals surface area contributed by atoms with Crippen molar-refractivity contribution in [1.82, 2.24) is 9.80 Å². The second kappa shape index (κ2) is 32.8. The van der Waals surface area contributed by atoms with Gasteiger partial charge in [0.2, 0.25) is 0 Å². The highest BCUT2D eigenvalue weighted by Gasteiger charge is 2.10. The molecule has 6 nitrogen and oxygen atoms in total. The molecule has 0 aliphatic heterocycles. The molecule has 0 aromatic heterocycles. The van der Waals surface area contributed by atoms with Gasteiger partial charge in [0.05, 0.1) is 13.2 Å². The van der Waals surface area contributed by atoms with Crippen LogP contribution in [0, 0.1) is 0 Å². The van der Waals surface area contributed by atoms with E-state index in [1.165, 1.54) is 103 Å². The molecule has 0 saturated heterocycles. The van der Waals surface area contributed by atoms with E-state index in [-0.39, 0.29) is 24.8 Å². The third kappa shape index (κ3) is 24.2. The van der Waals surface area contributed by atoms with Crippen LogP contribution in [0.1, 0.15) is 167 Å². The van der Waals surface area contributed by atoms with Crippen LogP contribution < -0.4 is 0 Å². The molecule has 6 heteroatoms. The van der Waals surface area contributed by atoms with Gasteiger partial charge in [0.25, 0.3) is 0 Å². The predicted molar refractivity (Wildman–Crippen MR) is 229 cm³/mol. The number of nitrogens with zero attached hydrogens (tertiary/aromatic N) is 2. The van der Waals surface area contributed by atoms with Crippen LogP contribution in [0.2, 0.25) is 0 Å². The summed E-state index contributed by atoms with van der Waals surface area (Å²) < 4.78 is 11.6. The largest absolute Gasteiger partial charge is 0.369 e. The van der Waals surface area contributed by atoms with Crippen molar-refractivity contribution in [2.45, 2.75) is 169 Å². The SMILES string of the molecule is CCCCCCN(CCCCCC)CCCC(=O)COCc1ccc(-c2ccc(COCC(=O)CCCN(CCCCCC)CCCCCC)cc2)cc1. The van der Waals surface area contributed by atoms with Crippen LogP contribution in [0.25, 0.3) is 11.1 Å². The lowest BCUT2D eigenvalue weighted by molar-refractivity contribution is -0.124. The van der Waals surface area contributed by atoms with E-state index in [4.69, 9.17) is 9.47 Å². The second-order valence-corrected chi connectivity index (χ2v) is 15.6. The van der Waals surface area contributed by atoms with Crippen LogP contribution in [0.3, 0.4) is 0 Å². The van der Waals surface area contributed by atoms with Crippen molar-refractivity contribution in [2.24, 2.45) is 0 Å². The minimum Gasteiger partial charge on any atom is -0.369 e. The number of benzene rings is 2. The molecule has 2 rings (SSSR count). The van der Waals surface area contributed by atoms with Crippen molar-refractivity contribution >= 4 is 11.6 Å². The monoisotopic (exact) mass is 749 g/mol. The molecule has 0 heterocycles. The minimum atomic E-state index is 0.181. The van der Waals surface area contributed by atoms with E-state index in [9.17, 15) is 9.59 Å². The highest BCUT2D eigenvalue weighted by atomic mass is 16.5. The summed E-state index contributed by atoms with van der Waals surface area (Å²) in [5.41, 5.74) is 4.41. The minimum absolute atomic E-state index is 0.181. The summed E-state index contributed by atoms with van der Waals surface area (Å²) in [7, 11) is 0. The number of hydrogen-bond acceptors (Lipinski definition) is 6. The van der Waals surface area contributed by atoms with Crippen LogP contribution in [-0.2, 0) is 32.3 Å². The first-order valence-electron chi connectivity index (χ1n) is 22.3. The molecule has 0 bridgehead atoms. The Labute approximate surface area is 332 Å². The van der Waals surface area contributed by atoms with E-state index < -0.39 is 0 Å². The van der Waals surface area contributed by atoms with Crippen molar-refractivity contribution in [3.8, 4) is 11.1 Å². The van der Waals surface area contributed by atoms with Crippen LogP contribution in [0.5, 0.6) is 0 Å². The van der Waals surface area contributed by atoms with Gasteiger partial charge in [-0.1, -0.05) is 153 Å². The molecule has 306 valence electrons. The summed E-state index contributed by atoms with van der Waals surface area (Å²) >= 11 is 0. The molecule has 54 heavy (non-hydrogen) atoms. The summed E-state index contributed by atoms with van der Waals surface area (Å²) in [6.45, 7) is 16.9. The van der Waals surface area contributed by atoms with E-state index >= 15 is 0 Å². The first-order chi connectivity index (χ1) is 26.5. The Morgan fingerprint density at radius 3 is 1.00 bits per heavy atom. The van der Waals surface area contributed by atoms with Crippen molar-refractivity contribution in [3.63, 3.8) is 0 Å². The lowest BCUT2D eigenvalue weighted by atomic mass is 10.0. The van der Waals surface area contributed by atoms with Crippen LogP contribution >= 0.6 is 0 Å². The maximum Gasteiger partial charge on any atom is 0.158 e. The summed E-state index contributed by atoms with van der Waals surface area (Å²) in [6, 6.07) is 16.8. The lowest BCUT2D eigenvalue weighted by Gasteiger charge is -2.22. The summed E-state index contributed by atoms with van der Waals surface area (Å²) in [5, 5.41) is 0. The summed E-state index contributed by atoms with van der Waals surface area (Å²) in [4.78, 5) is 30.3. The highest BCUT2D eigenvalue weighted by Crippen LogP contribution is 2.21. The number of hydrogen-bond donors (Lipinski definition) is 0. The molecule has 0 saturated carbocycles. The Kier molecular flexibility index (Phi) is 29.0. The number of rotatable bonds is 37. The van der Waals surface area contributed by atoms with Gasteiger partial charge in [-0.05, 0) is 100 Å². The van der Waals surface area contributed by atoms with Gasteiger partial charge in [-0.3, -0.25) is 9.59 Å². The Hall–Kier alpha value is -2.38. The van der Waals surface area contributed by atoms with Gasteiger partial charge in [0.15, 0.2) is 11.6 Å². The molecule has 0 aliphatic carbocycles. The average Bonchev–Trinajstić information content (AvgIpc) is 3.18. The molecule has 0 amide bonds. The van der Waals surface area contributed by atoms with Gasteiger partial charge in [0, 0.05) is 12.8 Å². The van der Waals surface area contributed by atoms with Crippen LogP contribution in [-0.4, -0.2) is 73.8 Å². The van der Waals surface area contributed by atoms with Crippen LogP contribution in [0.15, 0.2) is 48.5 Å². The Bertz CT molecular complexity index is 1060. The van der Waals surface area contributed by atoms with Crippen molar-refractivity contribution in [3.05, 3.63) is 59.7 Å². The molecule has 2 aromatic carbocycles. The fourth-order valence-electron chi connectivity index (χ4n) is 7.02. The molecule has 0 fully saturated rings. The lowest BCUT2D eigenvalue weighted by Crippen LogP contribution is -2.28. The third-order valence-electron chi connectivity index (χ3n) is 10.5. The number of carbonyl (C=O) groups excluding carboxylic acids is 2. The number of ketones is 2. The number of ether oxygens (including phenoxy) is 2.